The minimum absolute atomic E-state index is 0.160. The summed E-state index contributed by atoms with van der Waals surface area (Å²) in [5, 5.41) is 0. The number of hydrogen-bond acceptors (Lipinski definition) is 2. The molecule has 0 fully saturated rings. The molecule has 1 aromatic rings. The van der Waals surface area contributed by atoms with Crippen LogP contribution < -0.4 is 0 Å². The smallest absolute Gasteiger partial charge is 0.144 e. The van der Waals surface area contributed by atoms with Crippen molar-refractivity contribution in [3.05, 3.63) is 35.6 Å². The molecule has 0 bridgehead atoms. The Balaban J connectivity index is 3.18. The third-order valence-electron chi connectivity index (χ3n) is 2.03. The minimum Gasteiger partial charge on any atom is -0.299 e. The van der Waals surface area contributed by atoms with Gasteiger partial charge in [0.25, 0.3) is 0 Å². The Morgan fingerprint density at radius 3 is 2.07 bits per heavy atom. The number of rotatable bonds is 3. The van der Waals surface area contributed by atoms with Gasteiger partial charge >= 0.3 is 0 Å². The van der Waals surface area contributed by atoms with Crippen LogP contribution in [0.5, 0.6) is 0 Å². The maximum Gasteiger partial charge on any atom is 0.144 e. The molecule has 0 heterocycles. The summed E-state index contributed by atoms with van der Waals surface area (Å²) in [6.07, 6.45) is 0. The SMILES string of the molecule is CC(=O)C(C(C)=O)c1ccccc1F. The lowest BCUT2D eigenvalue weighted by Crippen LogP contribution is -2.18. The standard InChI is InChI=1S/C11H11FO2/c1-7(13)11(8(2)14)9-5-3-4-6-10(9)12/h3-6,11H,1-2H3. The van der Waals surface area contributed by atoms with E-state index in [2.05, 4.69) is 0 Å². The maximum absolute atomic E-state index is 13.3. The fraction of sp³-hybridized carbons (Fsp3) is 0.273. The topological polar surface area (TPSA) is 34.1 Å². The molecule has 0 saturated carbocycles. The zero-order chi connectivity index (χ0) is 10.7. The van der Waals surface area contributed by atoms with Gasteiger partial charge in [-0.15, -0.1) is 0 Å². The number of benzene rings is 1. The van der Waals surface area contributed by atoms with Crippen LogP contribution in [0, 0.1) is 5.82 Å². The molecular weight excluding hydrogens is 183 g/mol. The van der Waals surface area contributed by atoms with Gasteiger partial charge in [-0.05, 0) is 19.9 Å². The van der Waals surface area contributed by atoms with Crippen molar-refractivity contribution in [1.29, 1.82) is 0 Å². The molecular formula is C11H11FO2. The first kappa shape index (κ1) is 10.6. The highest BCUT2D eigenvalue weighted by Crippen LogP contribution is 2.20. The van der Waals surface area contributed by atoms with Crippen molar-refractivity contribution in [2.75, 3.05) is 0 Å². The molecule has 1 aromatic carbocycles. The predicted octanol–water partition coefficient (Wildman–Crippen LogP) is 2.09. The molecule has 0 radical (unpaired) electrons. The number of hydrogen-bond donors (Lipinski definition) is 0. The van der Waals surface area contributed by atoms with Gasteiger partial charge in [0, 0.05) is 5.56 Å². The molecule has 0 aliphatic carbocycles. The van der Waals surface area contributed by atoms with Crippen molar-refractivity contribution >= 4 is 11.6 Å². The van der Waals surface area contributed by atoms with E-state index in [1.54, 1.807) is 6.07 Å². The Labute approximate surface area is 81.7 Å². The van der Waals surface area contributed by atoms with Crippen LogP contribution in [0.1, 0.15) is 25.3 Å². The van der Waals surface area contributed by atoms with Crippen LogP contribution in [-0.4, -0.2) is 11.6 Å². The number of halogens is 1. The van der Waals surface area contributed by atoms with E-state index in [-0.39, 0.29) is 17.1 Å². The molecule has 14 heavy (non-hydrogen) atoms. The van der Waals surface area contributed by atoms with E-state index in [0.717, 1.165) is 0 Å². The summed E-state index contributed by atoms with van der Waals surface area (Å²) in [4.78, 5) is 22.3. The van der Waals surface area contributed by atoms with Gasteiger partial charge in [0.2, 0.25) is 0 Å². The normalized spacial score (nSPS) is 10.3. The molecule has 1 rings (SSSR count). The predicted molar refractivity (Wildman–Crippen MR) is 50.5 cm³/mol. The monoisotopic (exact) mass is 194 g/mol. The van der Waals surface area contributed by atoms with E-state index in [0.29, 0.717) is 0 Å². The Hall–Kier alpha value is -1.51. The van der Waals surface area contributed by atoms with Crippen molar-refractivity contribution in [2.45, 2.75) is 19.8 Å². The quantitative estimate of drug-likeness (QED) is 0.690. The summed E-state index contributed by atoms with van der Waals surface area (Å²) >= 11 is 0. The van der Waals surface area contributed by atoms with Crippen molar-refractivity contribution in [2.24, 2.45) is 0 Å². The first-order valence-electron chi connectivity index (χ1n) is 4.29. The average Bonchev–Trinajstić information content (AvgIpc) is 2.07. The zero-order valence-corrected chi connectivity index (χ0v) is 8.08. The molecule has 2 nitrogen and oxygen atoms in total. The molecule has 0 aromatic heterocycles. The molecule has 0 amide bonds. The molecule has 0 spiro atoms. The van der Waals surface area contributed by atoms with Gasteiger partial charge in [-0.1, -0.05) is 18.2 Å². The molecule has 0 atom stereocenters. The fourth-order valence-electron chi connectivity index (χ4n) is 1.43. The molecule has 0 N–H and O–H groups in total. The van der Waals surface area contributed by atoms with Gasteiger partial charge in [0.15, 0.2) is 0 Å². The van der Waals surface area contributed by atoms with Gasteiger partial charge in [0.1, 0.15) is 23.3 Å². The van der Waals surface area contributed by atoms with E-state index >= 15 is 0 Å². The Morgan fingerprint density at radius 1 is 1.14 bits per heavy atom. The highest BCUT2D eigenvalue weighted by molar-refractivity contribution is 6.05. The number of carbonyl (C=O) groups is 2. The summed E-state index contributed by atoms with van der Waals surface area (Å²) in [5.41, 5.74) is 0.160. The minimum atomic E-state index is -0.962. The molecule has 74 valence electrons. The van der Waals surface area contributed by atoms with E-state index in [1.807, 2.05) is 0 Å². The molecule has 0 aliphatic heterocycles. The fourth-order valence-corrected chi connectivity index (χ4v) is 1.43. The largest absolute Gasteiger partial charge is 0.299 e. The van der Waals surface area contributed by atoms with Crippen molar-refractivity contribution in [3.63, 3.8) is 0 Å². The van der Waals surface area contributed by atoms with Gasteiger partial charge in [-0.3, -0.25) is 9.59 Å². The number of carbonyl (C=O) groups excluding carboxylic acids is 2. The Bertz CT molecular complexity index is 357. The van der Waals surface area contributed by atoms with Crippen LogP contribution in [-0.2, 0) is 9.59 Å². The maximum atomic E-state index is 13.3. The van der Waals surface area contributed by atoms with Crippen LogP contribution in [0.2, 0.25) is 0 Å². The van der Waals surface area contributed by atoms with Gasteiger partial charge in [-0.25, -0.2) is 4.39 Å². The second-order valence-electron chi connectivity index (χ2n) is 3.18. The summed E-state index contributed by atoms with van der Waals surface area (Å²) in [5.74, 6) is -2.13. The lowest BCUT2D eigenvalue weighted by Gasteiger charge is -2.10. The molecule has 0 aliphatic rings. The Morgan fingerprint density at radius 2 is 1.64 bits per heavy atom. The summed E-state index contributed by atoms with van der Waals surface area (Å²) in [6.45, 7) is 2.58. The van der Waals surface area contributed by atoms with Gasteiger partial charge in [-0.2, -0.15) is 0 Å². The molecule has 3 heteroatoms. The molecule has 0 saturated heterocycles. The summed E-state index contributed by atoms with van der Waals surface area (Å²) in [6, 6.07) is 5.84. The van der Waals surface area contributed by atoms with E-state index in [9.17, 15) is 14.0 Å². The first-order chi connectivity index (χ1) is 6.54. The lowest BCUT2D eigenvalue weighted by atomic mass is 9.92. The van der Waals surface area contributed by atoms with Crippen LogP contribution >= 0.6 is 0 Å². The van der Waals surface area contributed by atoms with Crippen molar-refractivity contribution < 1.29 is 14.0 Å². The van der Waals surface area contributed by atoms with Crippen LogP contribution in [0.4, 0.5) is 4.39 Å². The van der Waals surface area contributed by atoms with E-state index < -0.39 is 11.7 Å². The van der Waals surface area contributed by atoms with E-state index in [1.165, 1.54) is 32.0 Å². The second kappa shape index (κ2) is 4.13. The molecule has 0 unspecified atom stereocenters. The highest BCUT2D eigenvalue weighted by atomic mass is 19.1. The van der Waals surface area contributed by atoms with Crippen LogP contribution in [0.25, 0.3) is 0 Å². The average molecular weight is 194 g/mol. The van der Waals surface area contributed by atoms with E-state index in [4.69, 9.17) is 0 Å². The third-order valence-corrected chi connectivity index (χ3v) is 2.03. The Kier molecular flexibility index (Phi) is 3.12. The second-order valence-corrected chi connectivity index (χ2v) is 3.18. The zero-order valence-electron chi connectivity index (χ0n) is 8.08. The van der Waals surface area contributed by atoms with Crippen molar-refractivity contribution in [1.82, 2.24) is 0 Å². The number of ketones is 2. The summed E-state index contributed by atoms with van der Waals surface area (Å²) in [7, 11) is 0. The summed E-state index contributed by atoms with van der Waals surface area (Å²) < 4.78 is 13.3. The van der Waals surface area contributed by atoms with Crippen molar-refractivity contribution in [3.8, 4) is 0 Å². The lowest BCUT2D eigenvalue weighted by molar-refractivity contribution is -0.126. The van der Waals surface area contributed by atoms with Gasteiger partial charge in [0.05, 0.1) is 0 Å². The third kappa shape index (κ3) is 2.05. The van der Waals surface area contributed by atoms with Gasteiger partial charge < -0.3 is 0 Å². The number of Topliss-reactive ketones (excluding diaryl/α,β-unsaturated/α-hetero) is 2. The van der Waals surface area contributed by atoms with Crippen LogP contribution in [0.15, 0.2) is 24.3 Å². The highest BCUT2D eigenvalue weighted by Gasteiger charge is 2.24. The first-order valence-corrected chi connectivity index (χ1v) is 4.29. The van der Waals surface area contributed by atoms with Crippen LogP contribution in [0.3, 0.4) is 0 Å².